The van der Waals surface area contributed by atoms with Gasteiger partial charge in [0.2, 0.25) is 0 Å². The minimum atomic E-state index is -0.287. The fraction of sp³-hybridized carbons (Fsp3) is 0.0303. The molecular weight excluding hydrogens is 807 g/mol. The lowest BCUT2D eigenvalue weighted by Crippen LogP contribution is -2.22. The van der Waals surface area contributed by atoms with Crippen molar-refractivity contribution in [3.8, 4) is 66.8 Å². The first-order valence-electron chi connectivity index (χ1n) is 23.3. The Morgan fingerprint density at radius 3 is 1.48 bits per heavy atom. The Morgan fingerprint density at radius 1 is 0.284 bits per heavy atom. The average molecular weight is 854 g/mol. The molecule has 0 radical (unpaired) electrons. The number of anilines is 3. The van der Waals surface area contributed by atoms with E-state index < -0.39 is 0 Å². The quantitative estimate of drug-likeness (QED) is 0.140. The van der Waals surface area contributed by atoms with Gasteiger partial charge in [0.25, 0.3) is 0 Å². The van der Waals surface area contributed by atoms with E-state index >= 15 is 0 Å². The van der Waals surface area contributed by atoms with Gasteiger partial charge in [-0.05, 0) is 126 Å². The molecule has 11 aromatic rings. The van der Waals surface area contributed by atoms with Crippen LogP contribution in [0.3, 0.4) is 0 Å². The first-order chi connectivity index (χ1) is 33.1. The number of para-hydroxylation sites is 1. The van der Waals surface area contributed by atoms with Crippen LogP contribution in [-0.2, 0) is 5.41 Å². The summed E-state index contributed by atoms with van der Waals surface area (Å²) in [5.74, 6) is 0. The van der Waals surface area contributed by atoms with Crippen molar-refractivity contribution in [2.75, 3.05) is 4.90 Å². The highest BCUT2D eigenvalue weighted by Gasteiger charge is 2.41. The minimum absolute atomic E-state index is 0.287. The van der Waals surface area contributed by atoms with Gasteiger partial charge in [0.15, 0.2) is 0 Å². The van der Waals surface area contributed by atoms with Gasteiger partial charge in [0.1, 0.15) is 0 Å². The Hall–Kier alpha value is -8.52. The molecule has 0 fully saturated rings. The van der Waals surface area contributed by atoms with E-state index in [1.54, 1.807) is 0 Å². The lowest BCUT2D eigenvalue weighted by molar-refractivity contribution is 0.714. The van der Waals surface area contributed by atoms with E-state index in [9.17, 15) is 0 Å². The Morgan fingerprint density at radius 2 is 0.746 bits per heavy atom. The minimum Gasteiger partial charge on any atom is -0.310 e. The molecule has 0 aliphatic heterocycles. The van der Waals surface area contributed by atoms with Crippen LogP contribution < -0.4 is 4.90 Å². The molecule has 1 nitrogen and oxygen atoms in total. The molecule has 0 spiro atoms. The summed E-state index contributed by atoms with van der Waals surface area (Å²) in [5, 5.41) is 2.52. The topological polar surface area (TPSA) is 3.24 Å². The van der Waals surface area contributed by atoms with Crippen LogP contribution in [0, 0.1) is 0 Å². The zero-order valence-corrected chi connectivity index (χ0v) is 37.4. The molecule has 0 saturated carbocycles. The summed E-state index contributed by atoms with van der Waals surface area (Å²) in [6.45, 7) is 2.39. The van der Waals surface area contributed by atoms with Crippen LogP contribution in [0.5, 0.6) is 0 Å². The normalized spacial score (nSPS) is 13.8. The smallest absolute Gasteiger partial charge is 0.0540 e. The van der Waals surface area contributed by atoms with Crippen LogP contribution in [-0.4, -0.2) is 0 Å². The van der Waals surface area contributed by atoms with Gasteiger partial charge < -0.3 is 4.90 Å². The number of rotatable bonds is 9. The van der Waals surface area contributed by atoms with Crippen LogP contribution in [0.2, 0.25) is 0 Å². The van der Waals surface area contributed by atoms with Gasteiger partial charge in [-0.2, -0.15) is 0 Å². The molecular formula is C66H47N. The van der Waals surface area contributed by atoms with Gasteiger partial charge in [-0.3, -0.25) is 0 Å². The van der Waals surface area contributed by atoms with Gasteiger partial charge in [0.05, 0.1) is 5.69 Å². The van der Waals surface area contributed by atoms with Crippen LogP contribution in [0.1, 0.15) is 23.6 Å². The molecule has 12 rings (SSSR count). The van der Waals surface area contributed by atoms with E-state index in [4.69, 9.17) is 0 Å². The predicted octanol–water partition coefficient (Wildman–Crippen LogP) is 18.0. The van der Waals surface area contributed by atoms with E-state index in [0.29, 0.717) is 0 Å². The number of hydrogen-bond donors (Lipinski definition) is 0. The SMILES string of the molecule is CC1(c2ccccc2)c2ccccc2-c2cc(N(c3ccc(-c4ccc(-c5cccc6ccccc56)cc4)cc3)c3ccccc3-c3ccccc3-c3ccccc3-c3ccccc3)ccc21. The van der Waals surface area contributed by atoms with E-state index in [-0.39, 0.29) is 5.41 Å². The van der Waals surface area contributed by atoms with Crippen molar-refractivity contribution >= 4 is 27.8 Å². The Kier molecular flexibility index (Phi) is 10.0. The van der Waals surface area contributed by atoms with E-state index in [1.165, 1.54) is 88.7 Å². The summed E-state index contributed by atoms with van der Waals surface area (Å²) in [7, 11) is 0. The first kappa shape index (κ1) is 40.0. The van der Waals surface area contributed by atoms with Crippen molar-refractivity contribution in [3.63, 3.8) is 0 Å². The van der Waals surface area contributed by atoms with Crippen LogP contribution in [0.15, 0.2) is 267 Å². The Labute approximate surface area is 393 Å². The van der Waals surface area contributed by atoms with Crippen LogP contribution in [0.4, 0.5) is 17.1 Å². The fourth-order valence-electron chi connectivity index (χ4n) is 10.7. The van der Waals surface area contributed by atoms with Crippen molar-refractivity contribution in [2.45, 2.75) is 12.3 Å². The maximum absolute atomic E-state index is 2.46. The molecule has 0 heterocycles. The number of hydrogen-bond acceptors (Lipinski definition) is 1. The second-order valence-electron chi connectivity index (χ2n) is 17.7. The molecule has 1 heteroatoms. The monoisotopic (exact) mass is 853 g/mol. The summed E-state index contributed by atoms with van der Waals surface area (Å²) in [5.41, 5.74) is 21.5. The Balaban J connectivity index is 1.01. The molecule has 67 heavy (non-hydrogen) atoms. The lowest BCUT2D eigenvalue weighted by Gasteiger charge is -2.31. The van der Waals surface area contributed by atoms with Crippen LogP contribution in [0.25, 0.3) is 77.5 Å². The molecule has 1 aliphatic rings. The Bertz CT molecular complexity index is 3570. The van der Waals surface area contributed by atoms with E-state index in [0.717, 1.165) is 22.6 Å². The highest BCUT2D eigenvalue weighted by atomic mass is 15.1. The zero-order chi connectivity index (χ0) is 44.7. The molecule has 1 aliphatic carbocycles. The highest BCUT2D eigenvalue weighted by molar-refractivity contribution is 5.99. The van der Waals surface area contributed by atoms with Gasteiger partial charge in [-0.25, -0.2) is 0 Å². The van der Waals surface area contributed by atoms with Gasteiger partial charge >= 0.3 is 0 Å². The molecule has 1 unspecified atom stereocenters. The molecule has 0 saturated heterocycles. The third-order valence-corrected chi connectivity index (χ3v) is 14.0. The fourth-order valence-corrected chi connectivity index (χ4v) is 10.7. The number of nitrogens with zero attached hydrogens (tertiary/aromatic N) is 1. The third-order valence-electron chi connectivity index (χ3n) is 14.0. The van der Waals surface area contributed by atoms with Crippen molar-refractivity contribution in [3.05, 3.63) is 284 Å². The highest BCUT2D eigenvalue weighted by Crippen LogP contribution is 2.54. The predicted molar refractivity (Wildman–Crippen MR) is 283 cm³/mol. The summed E-state index contributed by atoms with van der Waals surface area (Å²) in [4.78, 5) is 2.46. The second kappa shape index (κ2) is 16.8. The summed E-state index contributed by atoms with van der Waals surface area (Å²) < 4.78 is 0. The first-order valence-corrected chi connectivity index (χ1v) is 23.3. The lowest BCUT2D eigenvalue weighted by atomic mass is 9.74. The average Bonchev–Trinajstić information content (AvgIpc) is 3.67. The number of benzene rings is 11. The molecule has 0 bridgehead atoms. The van der Waals surface area contributed by atoms with E-state index in [2.05, 4.69) is 279 Å². The van der Waals surface area contributed by atoms with Crippen molar-refractivity contribution in [1.82, 2.24) is 0 Å². The summed E-state index contributed by atoms with van der Waals surface area (Å²) >= 11 is 0. The third kappa shape index (κ3) is 6.96. The largest absolute Gasteiger partial charge is 0.310 e. The summed E-state index contributed by atoms with van der Waals surface area (Å²) in [6, 6.07) is 97.7. The summed E-state index contributed by atoms with van der Waals surface area (Å²) in [6.07, 6.45) is 0. The zero-order valence-electron chi connectivity index (χ0n) is 37.4. The van der Waals surface area contributed by atoms with Gasteiger partial charge in [-0.15, -0.1) is 0 Å². The molecule has 316 valence electrons. The van der Waals surface area contributed by atoms with Crippen LogP contribution >= 0.6 is 0 Å². The van der Waals surface area contributed by atoms with Crippen molar-refractivity contribution in [1.29, 1.82) is 0 Å². The van der Waals surface area contributed by atoms with Gasteiger partial charge in [-0.1, -0.05) is 237 Å². The molecule has 0 aromatic heterocycles. The van der Waals surface area contributed by atoms with E-state index in [1.807, 2.05) is 0 Å². The standard InChI is InChI=1S/C66H47N/c1-66(51-23-6-3-7-24-51)63-33-16-14-30-60(63)62-45-53(43-44-64(62)66)67(52-41-39-47(40-42-52)46-35-37-50(38-36-46)55-32-18-22-49-21-8-9-25-54(49)55)65-34-17-15-31-61(65)59-29-13-12-28-58(59)57-27-11-10-26-56(57)48-19-4-2-5-20-48/h2-45H,1H3. The maximum atomic E-state index is 2.46. The number of fused-ring (bicyclic) bond motifs is 4. The van der Waals surface area contributed by atoms with Crippen molar-refractivity contribution in [2.24, 2.45) is 0 Å². The molecule has 0 amide bonds. The molecule has 0 N–H and O–H groups in total. The maximum Gasteiger partial charge on any atom is 0.0540 e. The second-order valence-corrected chi connectivity index (χ2v) is 17.7. The molecule has 1 atom stereocenters. The molecule has 11 aromatic carbocycles. The van der Waals surface area contributed by atoms with Crippen molar-refractivity contribution < 1.29 is 0 Å². The van der Waals surface area contributed by atoms with Gasteiger partial charge in [0, 0.05) is 22.4 Å².